The molecule has 0 unspecified atom stereocenters. The van der Waals surface area contributed by atoms with Gasteiger partial charge in [0.15, 0.2) is 0 Å². The highest BCUT2D eigenvalue weighted by molar-refractivity contribution is 7.09. The molecular formula is C8H9N3S2. The molecule has 2 aromatic heterocycles. The van der Waals surface area contributed by atoms with E-state index in [9.17, 15) is 0 Å². The lowest BCUT2D eigenvalue weighted by molar-refractivity contribution is 0.684. The molecule has 0 aliphatic rings. The van der Waals surface area contributed by atoms with E-state index in [2.05, 4.69) is 32.4 Å². The van der Waals surface area contributed by atoms with Gasteiger partial charge in [-0.1, -0.05) is 10.6 Å². The number of rotatable bonds is 4. The van der Waals surface area contributed by atoms with Crippen LogP contribution in [0.5, 0.6) is 0 Å². The van der Waals surface area contributed by atoms with Crippen molar-refractivity contribution in [3.63, 3.8) is 0 Å². The first-order chi connectivity index (χ1) is 6.45. The monoisotopic (exact) mass is 211 g/mol. The minimum absolute atomic E-state index is 0.800. The van der Waals surface area contributed by atoms with Gasteiger partial charge in [0.1, 0.15) is 0 Å². The minimum Gasteiger partial charge on any atom is -0.306 e. The zero-order valence-electron chi connectivity index (χ0n) is 6.93. The topological polar surface area (TPSA) is 37.8 Å². The second kappa shape index (κ2) is 4.45. The summed E-state index contributed by atoms with van der Waals surface area (Å²) in [6.45, 7) is 1.71. The van der Waals surface area contributed by atoms with E-state index in [1.807, 2.05) is 5.38 Å². The van der Waals surface area contributed by atoms with Crippen LogP contribution in [-0.4, -0.2) is 9.59 Å². The highest BCUT2D eigenvalue weighted by Gasteiger charge is 1.96. The predicted molar refractivity (Wildman–Crippen MR) is 54.8 cm³/mol. The van der Waals surface area contributed by atoms with E-state index in [-0.39, 0.29) is 0 Å². The van der Waals surface area contributed by atoms with Crippen molar-refractivity contribution in [1.82, 2.24) is 14.9 Å². The Balaban J connectivity index is 1.76. The van der Waals surface area contributed by atoms with Gasteiger partial charge in [-0.25, -0.2) is 0 Å². The minimum atomic E-state index is 0.800. The number of aromatic nitrogens is 2. The number of thiophene rings is 1. The zero-order valence-corrected chi connectivity index (χ0v) is 8.57. The van der Waals surface area contributed by atoms with Crippen molar-refractivity contribution in [1.29, 1.82) is 0 Å². The van der Waals surface area contributed by atoms with E-state index in [1.54, 1.807) is 11.3 Å². The lowest BCUT2D eigenvalue weighted by atomic mass is 10.4. The number of hydrogen-bond acceptors (Lipinski definition) is 5. The molecule has 0 radical (unpaired) electrons. The summed E-state index contributed by atoms with van der Waals surface area (Å²) in [5.74, 6) is 0. The second-order valence-corrected chi connectivity index (χ2v) is 4.22. The van der Waals surface area contributed by atoms with Crippen LogP contribution in [-0.2, 0) is 13.1 Å². The molecule has 2 heterocycles. The van der Waals surface area contributed by atoms with Gasteiger partial charge >= 0.3 is 0 Å². The van der Waals surface area contributed by atoms with Crippen molar-refractivity contribution in [2.24, 2.45) is 0 Å². The molecule has 0 spiro atoms. The summed E-state index contributed by atoms with van der Waals surface area (Å²) in [5, 5.41) is 11.3. The van der Waals surface area contributed by atoms with Gasteiger partial charge in [-0.15, -0.1) is 16.4 Å². The maximum Gasteiger partial charge on any atom is 0.0893 e. The molecule has 2 aromatic rings. The van der Waals surface area contributed by atoms with Gasteiger partial charge in [0.05, 0.1) is 5.69 Å². The van der Waals surface area contributed by atoms with Gasteiger partial charge in [-0.05, 0) is 23.0 Å². The Morgan fingerprint density at radius 1 is 1.38 bits per heavy atom. The molecule has 0 saturated carbocycles. The van der Waals surface area contributed by atoms with Crippen molar-refractivity contribution < 1.29 is 0 Å². The van der Waals surface area contributed by atoms with Crippen LogP contribution in [0.4, 0.5) is 0 Å². The average Bonchev–Trinajstić information content (AvgIpc) is 2.75. The third-order valence-corrected chi connectivity index (χ3v) is 3.02. The summed E-state index contributed by atoms with van der Waals surface area (Å²) in [5.41, 5.74) is 1.02. The van der Waals surface area contributed by atoms with Gasteiger partial charge in [0.2, 0.25) is 0 Å². The standard InChI is InChI=1S/C8H9N3S2/c1-2-8(12-3-1)5-9-4-7-6-13-11-10-7/h1-3,6,9H,4-5H2. The smallest absolute Gasteiger partial charge is 0.0893 e. The Kier molecular flexibility index (Phi) is 3.02. The molecule has 0 aliphatic carbocycles. The van der Waals surface area contributed by atoms with Crippen LogP contribution in [0.15, 0.2) is 22.9 Å². The number of nitrogens with one attached hydrogen (secondary N) is 1. The molecule has 2 rings (SSSR count). The van der Waals surface area contributed by atoms with Crippen LogP contribution < -0.4 is 5.32 Å². The third-order valence-electron chi connectivity index (χ3n) is 1.59. The molecule has 0 aromatic carbocycles. The molecule has 0 saturated heterocycles. The average molecular weight is 211 g/mol. The summed E-state index contributed by atoms with van der Waals surface area (Å²) in [4.78, 5) is 1.35. The Hall–Kier alpha value is -0.780. The molecule has 0 amide bonds. The maximum atomic E-state index is 3.94. The van der Waals surface area contributed by atoms with Gasteiger partial charge in [0.25, 0.3) is 0 Å². The SMILES string of the molecule is c1csc(CNCc2csnn2)c1. The molecule has 1 N–H and O–H groups in total. The summed E-state index contributed by atoms with van der Waals surface area (Å²) >= 11 is 3.15. The fraction of sp³-hybridized carbons (Fsp3) is 0.250. The van der Waals surface area contributed by atoms with Crippen molar-refractivity contribution in [2.75, 3.05) is 0 Å². The van der Waals surface area contributed by atoms with Crippen LogP contribution in [0, 0.1) is 0 Å². The Labute approximate surface area is 84.6 Å². The number of hydrogen-bond donors (Lipinski definition) is 1. The van der Waals surface area contributed by atoms with E-state index in [1.165, 1.54) is 16.4 Å². The fourth-order valence-electron chi connectivity index (χ4n) is 0.988. The Bertz CT molecular complexity index is 294. The van der Waals surface area contributed by atoms with Crippen LogP contribution in [0.3, 0.4) is 0 Å². The molecule has 13 heavy (non-hydrogen) atoms. The first-order valence-corrected chi connectivity index (χ1v) is 5.66. The van der Waals surface area contributed by atoms with E-state index in [0.717, 1.165) is 18.8 Å². The largest absolute Gasteiger partial charge is 0.306 e. The van der Waals surface area contributed by atoms with Crippen LogP contribution in [0.1, 0.15) is 10.6 Å². The summed E-state index contributed by atoms with van der Waals surface area (Å²) < 4.78 is 3.79. The lowest BCUT2D eigenvalue weighted by Crippen LogP contribution is -2.11. The third kappa shape index (κ3) is 2.58. The maximum absolute atomic E-state index is 3.94. The first-order valence-electron chi connectivity index (χ1n) is 3.94. The second-order valence-electron chi connectivity index (χ2n) is 2.58. The van der Waals surface area contributed by atoms with Gasteiger partial charge in [0, 0.05) is 23.3 Å². The van der Waals surface area contributed by atoms with Gasteiger partial charge in [-0.2, -0.15) is 0 Å². The molecule has 5 heteroatoms. The fourth-order valence-corrected chi connectivity index (χ4v) is 2.11. The number of nitrogens with zero attached hydrogens (tertiary/aromatic N) is 2. The van der Waals surface area contributed by atoms with Crippen molar-refractivity contribution >= 4 is 22.9 Å². The summed E-state index contributed by atoms with van der Waals surface area (Å²) in [7, 11) is 0. The van der Waals surface area contributed by atoms with Gasteiger partial charge < -0.3 is 5.32 Å². The van der Waals surface area contributed by atoms with Crippen LogP contribution in [0.2, 0.25) is 0 Å². The quantitative estimate of drug-likeness (QED) is 0.839. The summed E-state index contributed by atoms with van der Waals surface area (Å²) in [6.07, 6.45) is 0. The highest BCUT2D eigenvalue weighted by atomic mass is 32.1. The van der Waals surface area contributed by atoms with Crippen LogP contribution >= 0.6 is 22.9 Å². The van der Waals surface area contributed by atoms with Crippen molar-refractivity contribution in [2.45, 2.75) is 13.1 Å². The molecule has 0 atom stereocenters. The lowest BCUT2D eigenvalue weighted by Gasteiger charge is -1.98. The molecule has 3 nitrogen and oxygen atoms in total. The first kappa shape index (κ1) is 8.80. The normalized spacial score (nSPS) is 10.5. The van der Waals surface area contributed by atoms with Crippen molar-refractivity contribution in [3.05, 3.63) is 33.5 Å². The molecule has 0 aliphatic heterocycles. The van der Waals surface area contributed by atoms with E-state index in [0.29, 0.717) is 0 Å². The molecule has 0 fully saturated rings. The molecule has 0 bridgehead atoms. The Morgan fingerprint density at radius 3 is 3.08 bits per heavy atom. The van der Waals surface area contributed by atoms with E-state index >= 15 is 0 Å². The Morgan fingerprint density at radius 2 is 2.38 bits per heavy atom. The molecular weight excluding hydrogens is 202 g/mol. The van der Waals surface area contributed by atoms with Gasteiger partial charge in [-0.3, -0.25) is 0 Å². The molecule has 68 valence electrons. The van der Waals surface area contributed by atoms with Crippen LogP contribution in [0.25, 0.3) is 0 Å². The van der Waals surface area contributed by atoms with E-state index in [4.69, 9.17) is 0 Å². The summed E-state index contributed by atoms with van der Waals surface area (Å²) in [6, 6.07) is 4.18. The van der Waals surface area contributed by atoms with Crippen molar-refractivity contribution in [3.8, 4) is 0 Å². The van der Waals surface area contributed by atoms with E-state index < -0.39 is 0 Å². The predicted octanol–water partition coefficient (Wildman–Crippen LogP) is 1.89. The zero-order chi connectivity index (χ0) is 8.93. The highest BCUT2D eigenvalue weighted by Crippen LogP contribution is 2.07.